The van der Waals surface area contributed by atoms with Crippen molar-refractivity contribution in [3.8, 4) is 17.9 Å². The number of nitrogens with zero attached hydrogens (tertiary/aromatic N) is 1. The molecule has 1 aliphatic heterocycles. The zero-order chi connectivity index (χ0) is 17.7. The Balaban J connectivity index is 2.14. The van der Waals surface area contributed by atoms with Crippen molar-refractivity contribution in [3.63, 3.8) is 0 Å². The molecule has 0 aliphatic carbocycles. The van der Waals surface area contributed by atoms with Crippen LogP contribution in [0.15, 0.2) is 64.4 Å². The maximum atomic E-state index is 13.4. The van der Waals surface area contributed by atoms with Gasteiger partial charge in [-0.2, -0.15) is 5.26 Å². The van der Waals surface area contributed by atoms with Crippen molar-refractivity contribution in [1.82, 2.24) is 0 Å². The number of halogens is 1. The molecule has 124 valence electrons. The van der Waals surface area contributed by atoms with Crippen LogP contribution in [0.1, 0.15) is 18.1 Å². The number of thioether (sulfide) groups is 2. The molecule has 1 atom stereocenters. The summed E-state index contributed by atoms with van der Waals surface area (Å²) < 4.78 is 14.5. The van der Waals surface area contributed by atoms with E-state index in [-0.39, 0.29) is 5.82 Å². The van der Waals surface area contributed by atoms with Gasteiger partial charge >= 0.3 is 0 Å². The molecule has 1 nitrogen and oxygen atoms in total. The molecule has 4 heteroatoms. The first kappa shape index (κ1) is 17.7. The van der Waals surface area contributed by atoms with Crippen LogP contribution in [0.2, 0.25) is 0 Å². The molecule has 2 aromatic rings. The van der Waals surface area contributed by atoms with E-state index >= 15 is 0 Å². The number of benzene rings is 2. The Morgan fingerprint density at radius 2 is 1.80 bits per heavy atom. The van der Waals surface area contributed by atoms with Crippen LogP contribution < -0.4 is 0 Å². The quantitative estimate of drug-likeness (QED) is 0.529. The number of rotatable bonds is 2. The van der Waals surface area contributed by atoms with Gasteiger partial charge in [0.15, 0.2) is 0 Å². The second-order valence-electron chi connectivity index (χ2n) is 5.72. The molecule has 0 aromatic heterocycles. The van der Waals surface area contributed by atoms with Gasteiger partial charge in [-0.25, -0.2) is 4.39 Å². The van der Waals surface area contributed by atoms with E-state index in [1.165, 1.54) is 12.1 Å². The van der Waals surface area contributed by atoms with Gasteiger partial charge in [0.05, 0.1) is 21.3 Å². The molecule has 0 N–H and O–H groups in total. The highest BCUT2D eigenvalue weighted by molar-refractivity contribution is 8.25. The largest absolute Gasteiger partial charge is 0.207 e. The Labute approximate surface area is 156 Å². The summed E-state index contributed by atoms with van der Waals surface area (Å²) >= 11 is 3.43. The minimum absolute atomic E-state index is 0.311. The SMILES string of the molecule is CC(C#Cc1cccc(F)c1)(C(C#N)=C1SCCS1)c1ccccc1. The fraction of sp³-hybridized carbons (Fsp3) is 0.190. The zero-order valence-electron chi connectivity index (χ0n) is 13.8. The van der Waals surface area contributed by atoms with Gasteiger partial charge in [-0.1, -0.05) is 48.2 Å². The van der Waals surface area contributed by atoms with E-state index in [1.54, 1.807) is 35.7 Å². The summed E-state index contributed by atoms with van der Waals surface area (Å²) in [5.41, 5.74) is 1.52. The third kappa shape index (κ3) is 3.93. The van der Waals surface area contributed by atoms with E-state index in [9.17, 15) is 9.65 Å². The highest BCUT2D eigenvalue weighted by Gasteiger charge is 2.33. The van der Waals surface area contributed by atoms with Crippen LogP contribution in [-0.4, -0.2) is 11.5 Å². The van der Waals surface area contributed by atoms with Crippen LogP contribution in [0.5, 0.6) is 0 Å². The molecule has 25 heavy (non-hydrogen) atoms. The minimum atomic E-state index is -0.734. The average Bonchev–Trinajstić information content (AvgIpc) is 3.16. The van der Waals surface area contributed by atoms with E-state index in [1.807, 2.05) is 37.3 Å². The van der Waals surface area contributed by atoms with E-state index in [4.69, 9.17) is 0 Å². The molecular formula is C21H16FNS2. The van der Waals surface area contributed by atoms with Crippen LogP contribution in [0.4, 0.5) is 4.39 Å². The number of allylic oxidation sites excluding steroid dienone is 1. The average molecular weight is 365 g/mol. The smallest absolute Gasteiger partial charge is 0.124 e. The molecule has 3 rings (SSSR count). The van der Waals surface area contributed by atoms with Crippen LogP contribution in [0.3, 0.4) is 0 Å². The summed E-state index contributed by atoms with van der Waals surface area (Å²) in [5.74, 6) is 8.03. The molecule has 1 unspecified atom stereocenters. The van der Waals surface area contributed by atoms with Gasteiger partial charge in [-0.3, -0.25) is 0 Å². The van der Waals surface area contributed by atoms with E-state index < -0.39 is 5.41 Å². The maximum absolute atomic E-state index is 13.4. The van der Waals surface area contributed by atoms with Crippen LogP contribution >= 0.6 is 23.5 Å². The highest BCUT2D eigenvalue weighted by Crippen LogP contribution is 2.44. The molecule has 0 saturated carbocycles. The van der Waals surface area contributed by atoms with Crippen molar-refractivity contribution >= 4 is 23.5 Å². The van der Waals surface area contributed by atoms with Crippen LogP contribution in [-0.2, 0) is 5.41 Å². The van der Waals surface area contributed by atoms with Crippen molar-refractivity contribution in [2.75, 3.05) is 11.5 Å². The molecule has 1 heterocycles. The minimum Gasteiger partial charge on any atom is -0.207 e. The maximum Gasteiger partial charge on any atom is 0.124 e. The summed E-state index contributed by atoms with van der Waals surface area (Å²) in [7, 11) is 0. The molecule has 0 radical (unpaired) electrons. The molecule has 1 fully saturated rings. The first-order valence-corrected chi connectivity index (χ1v) is 9.85. The molecule has 2 aromatic carbocycles. The Kier molecular flexibility index (Phi) is 5.53. The van der Waals surface area contributed by atoms with E-state index in [0.717, 1.165) is 21.3 Å². The molecule has 0 amide bonds. The van der Waals surface area contributed by atoms with E-state index in [0.29, 0.717) is 11.1 Å². The van der Waals surface area contributed by atoms with Gasteiger partial charge in [0.1, 0.15) is 5.82 Å². The van der Waals surface area contributed by atoms with Crippen molar-refractivity contribution in [3.05, 3.63) is 81.4 Å². The Morgan fingerprint density at radius 1 is 1.08 bits per heavy atom. The van der Waals surface area contributed by atoms with Gasteiger partial charge in [0.2, 0.25) is 0 Å². The van der Waals surface area contributed by atoms with Crippen LogP contribution in [0, 0.1) is 29.0 Å². The lowest BCUT2D eigenvalue weighted by atomic mass is 9.77. The van der Waals surface area contributed by atoms with Crippen molar-refractivity contribution in [2.24, 2.45) is 0 Å². The lowest BCUT2D eigenvalue weighted by molar-refractivity contribution is 0.627. The normalized spacial score (nSPS) is 15.6. The third-order valence-corrected chi connectivity index (χ3v) is 6.71. The molecule has 0 spiro atoms. The summed E-state index contributed by atoms with van der Waals surface area (Å²) in [6, 6.07) is 18.5. The fourth-order valence-corrected chi connectivity index (χ4v) is 5.29. The van der Waals surface area contributed by atoms with Crippen molar-refractivity contribution < 1.29 is 4.39 Å². The Hall–Kier alpha value is -2.14. The second-order valence-corrected chi connectivity index (χ2v) is 8.19. The van der Waals surface area contributed by atoms with Gasteiger partial charge in [-0.15, -0.1) is 23.5 Å². The second kappa shape index (κ2) is 7.83. The van der Waals surface area contributed by atoms with Gasteiger partial charge in [-0.05, 0) is 30.7 Å². The van der Waals surface area contributed by atoms with Gasteiger partial charge in [0, 0.05) is 17.1 Å². The van der Waals surface area contributed by atoms with Gasteiger partial charge < -0.3 is 0 Å². The lowest BCUT2D eigenvalue weighted by Crippen LogP contribution is -2.23. The predicted octanol–water partition coefficient (Wildman–Crippen LogP) is 5.35. The van der Waals surface area contributed by atoms with Crippen molar-refractivity contribution in [2.45, 2.75) is 12.3 Å². The monoisotopic (exact) mass is 365 g/mol. The predicted molar refractivity (Wildman–Crippen MR) is 105 cm³/mol. The zero-order valence-corrected chi connectivity index (χ0v) is 15.4. The summed E-state index contributed by atoms with van der Waals surface area (Å²) in [5, 5.41) is 9.86. The lowest BCUT2D eigenvalue weighted by Gasteiger charge is -2.25. The fourth-order valence-electron chi connectivity index (χ4n) is 2.63. The third-order valence-electron chi connectivity index (χ3n) is 4.00. The number of hydrogen-bond acceptors (Lipinski definition) is 3. The summed E-state index contributed by atoms with van der Waals surface area (Å²) in [6.07, 6.45) is 0. The highest BCUT2D eigenvalue weighted by atomic mass is 32.2. The Bertz CT molecular complexity index is 895. The Morgan fingerprint density at radius 3 is 2.44 bits per heavy atom. The van der Waals surface area contributed by atoms with E-state index in [2.05, 4.69) is 17.9 Å². The topological polar surface area (TPSA) is 23.8 Å². The standard InChI is InChI=1S/C21H16FNS2/c1-21(17-7-3-2-4-8-17,19(15-23)20-24-12-13-25-20)11-10-16-6-5-9-18(22)14-16/h2-9,14H,12-13H2,1H3. The molecule has 0 bridgehead atoms. The van der Waals surface area contributed by atoms with Gasteiger partial charge in [0.25, 0.3) is 0 Å². The summed E-state index contributed by atoms with van der Waals surface area (Å²) in [6.45, 7) is 1.97. The summed E-state index contributed by atoms with van der Waals surface area (Å²) in [4.78, 5) is 0. The van der Waals surface area contributed by atoms with Crippen LogP contribution in [0.25, 0.3) is 0 Å². The number of nitriles is 1. The molecule has 1 saturated heterocycles. The number of hydrogen-bond donors (Lipinski definition) is 0. The first-order chi connectivity index (χ1) is 12.1. The first-order valence-electron chi connectivity index (χ1n) is 7.88. The molecular weight excluding hydrogens is 349 g/mol. The molecule has 1 aliphatic rings. The van der Waals surface area contributed by atoms with Crippen molar-refractivity contribution in [1.29, 1.82) is 5.26 Å².